The van der Waals surface area contributed by atoms with Crippen LogP contribution in [0.5, 0.6) is 0 Å². The fourth-order valence-electron chi connectivity index (χ4n) is 3.20. The average Bonchev–Trinajstić information content (AvgIpc) is 2.64. The summed E-state index contributed by atoms with van der Waals surface area (Å²) in [5.41, 5.74) is 3.38. The lowest BCUT2D eigenvalue weighted by molar-refractivity contribution is -0.105. The molecule has 2 aromatic rings. The minimum Gasteiger partial charge on any atom is -0.298 e. The third-order valence-corrected chi connectivity index (χ3v) is 6.90. The zero-order valence-electron chi connectivity index (χ0n) is 15.1. The van der Waals surface area contributed by atoms with Crippen LogP contribution in [0.2, 0.25) is 5.02 Å². The second-order valence-corrected chi connectivity index (χ2v) is 8.94. The number of halogens is 1. The topological polar surface area (TPSA) is 54.5 Å². The molecule has 1 heterocycles. The summed E-state index contributed by atoms with van der Waals surface area (Å²) in [6.07, 6.45) is 0.701. The molecule has 0 saturated carbocycles. The number of nitrogens with zero attached hydrogens (tertiary/aromatic N) is 1. The third-order valence-electron chi connectivity index (χ3n) is 4.84. The molecule has 27 heavy (non-hydrogen) atoms. The van der Waals surface area contributed by atoms with Crippen LogP contribution in [-0.4, -0.2) is 25.6 Å². The highest BCUT2D eigenvalue weighted by molar-refractivity contribution is 7.89. The van der Waals surface area contributed by atoms with Crippen molar-refractivity contribution in [3.63, 3.8) is 0 Å². The molecule has 4 nitrogen and oxygen atoms in total. The molecule has 0 saturated heterocycles. The number of carbonyl (C=O) groups excluding carboxylic acids is 1. The van der Waals surface area contributed by atoms with Gasteiger partial charge in [-0.05, 0) is 54.8 Å². The molecule has 3 rings (SSSR count). The number of hydrogen-bond acceptors (Lipinski definition) is 3. The number of carbonyl (C=O) groups is 1. The van der Waals surface area contributed by atoms with E-state index in [9.17, 15) is 13.2 Å². The molecule has 0 unspecified atom stereocenters. The van der Waals surface area contributed by atoms with Crippen LogP contribution >= 0.6 is 11.6 Å². The maximum Gasteiger partial charge on any atom is 0.244 e. The Morgan fingerprint density at radius 2 is 1.81 bits per heavy atom. The van der Waals surface area contributed by atoms with Gasteiger partial charge in [0.1, 0.15) is 6.29 Å². The monoisotopic (exact) mass is 401 g/mol. The molecule has 0 aliphatic carbocycles. The Hall–Kier alpha value is -2.21. The molecule has 0 spiro atoms. The molecule has 0 N–H and O–H groups in total. The molecule has 0 radical (unpaired) electrons. The third kappa shape index (κ3) is 3.63. The van der Waals surface area contributed by atoms with Gasteiger partial charge in [-0.25, -0.2) is 8.42 Å². The Labute approximate surface area is 164 Å². The highest BCUT2D eigenvalue weighted by Crippen LogP contribution is 2.41. The van der Waals surface area contributed by atoms with Crippen molar-refractivity contribution in [2.75, 3.05) is 6.54 Å². The van der Waals surface area contributed by atoms with Gasteiger partial charge in [-0.15, -0.1) is 0 Å². The Balaban J connectivity index is 2.18. The number of rotatable bonds is 4. The van der Waals surface area contributed by atoms with Crippen molar-refractivity contribution in [3.8, 4) is 0 Å². The summed E-state index contributed by atoms with van der Waals surface area (Å²) in [6.45, 7) is 7.76. The van der Waals surface area contributed by atoms with Crippen LogP contribution in [-0.2, 0) is 14.8 Å². The van der Waals surface area contributed by atoms with Gasteiger partial charge in [-0.3, -0.25) is 4.79 Å². The van der Waals surface area contributed by atoms with Crippen LogP contribution in [0.3, 0.4) is 0 Å². The van der Waals surface area contributed by atoms with Crippen molar-refractivity contribution in [2.45, 2.75) is 24.8 Å². The van der Waals surface area contributed by atoms with Crippen LogP contribution in [0.4, 0.5) is 0 Å². The lowest BCUT2D eigenvalue weighted by Gasteiger charge is -2.37. The maximum atomic E-state index is 13.4. The van der Waals surface area contributed by atoms with Crippen molar-refractivity contribution < 1.29 is 13.2 Å². The van der Waals surface area contributed by atoms with Crippen molar-refractivity contribution in [1.82, 2.24) is 4.31 Å². The number of aldehydes is 1. The Morgan fingerprint density at radius 3 is 2.41 bits per heavy atom. The minimum absolute atomic E-state index is 0.0122. The van der Waals surface area contributed by atoms with Gasteiger partial charge in [0.25, 0.3) is 0 Å². The van der Waals surface area contributed by atoms with Crippen LogP contribution in [0.1, 0.15) is 24.1 Å². The van der Waals surface area contributed by atoms with E-state index in [-0.39, 0.29) is 11.4 Å². The van der Waals surface area contributed by atoms with E-state index in [1.165, 1.54) is 4.31 Å². The molecular weight excluding hydrogens is 382 g/mol. The van der Waals surface area contributed by atoms with Crippen LogP contribution in [0.25, 0.3) is 0 Å². The number of hydrogen-bond donors (Lipinski definition) is 0. The second-order valence-electron chi connectivity index (χ2n) is 6.61. The van der Waals surface area contributed by atoms with E-state index >= 15 is 0 Å². The van der Waals surface area contributed by atoms with Gasteiger partial charge in [0.2, 0.25) is 10.0 Å². The fraction of sp³-hybridized carbons (Fsp3) is 0.190. The Kier molecular flexibility index (Phi) is 5.38. The lowest BCUT2D eigenvalue weighted by Crippen LogP contribution is -2.40. The van der Waals surface area contributed by atoms with Crippen LogP contribution < -0.4 is 0 Å². The summed E-state index contributed by atoms with van der Waals surface area (Å²) >= 11 is 6.13. The predicted molar refractivity (Wildman–Crippen MR) is 107 cm³/mol. The molecule has 1 aliphatic heterocycles. The van der Waals surface area contributed by atoms with E-state index in [0.29, 0.717) is 33.6 Å². The van der Waals surface area contributed by atoms with E-state index in [1.54, 1.807) is 49.4 Å². The van der Waals surface area contributed by atoms with Crippen molar-refractivity contribution in [2.24, 2.45) is 0 Å². The van der Waals surface area contributed by atoms with Crippen molar-refractivity contribution in [3.05, 3.63) is 88.0 Å². The second kappa shape index (κ2) is 7.43. The quantitative estimate of drug-likeness (QED) is 0.710. The SMILES string of the molecule is C=C1C(C)=C(C=O)CN(S(=O)(=O)c2ccc(C)cc2)[C@@H]1c1cccc(Cl)c1. The Morgan fingerprint density at radius 1 is 1.15 bits per heavy atom. The Bertz CT molecular complexity index is 1040. The van der Waals surface area contributed by atoms with E-state index < -0.39 is 16.1 Å². The first kappa shape index (κ1) is 19.5. The molecule has 2 aromatic carbocycles. The molecule has 0 amide bonds. The summed E-state index contributed by atoms with van der Waals surface area (Å²) in [5.74, 6) is 0. The van der Waals surface area contributed by atoms with Gasteiger partial charge >= 0.3 is 0 Å². The molecule has 0 fully saturated rings. The van der Waals surface area contributed by atoms with Gasteiger partial charge in [0.05, 0.1) is 10.9 Å². The van der Waals surface area contributed by atoms with Crippen molar-refractivity contribution >= 4 is 27.9 Å². The zero-order valence-corrected chi connectivity index (χ0v) is 16.7. The predicted octanol–water partition coefficient (Wildman–Crippen LogP) is 4.47. The van der Waals surface area contributed by atoms with E-state index in [0.717, 1.165) is 5.56 Å². The summed E-state index contributed by atoms with van der Waals surface area (Å²) in [4.78, 5) is 11.7. The van der Waals surface area contributed by atoms with Crippen LogP contribution in [0.15, 0.2) is 76.7 Å². The van der Waals surface area contributed by atoms with E-state index in [2.05, 4.69) is 6.58 Å². The summed E-state index contributed by atoms with van der Waals surface area (Å²) in [5, 5.41) is 0.510. The number of sulfonamides is 1. The highest BCUT2D eigenvalue weighted by Gasteiger charge is 2.38. The fourth-order valence-corrected chi connectivity index (χ4v) is 4.99. The first-order valence-electron chi connectivity index (χ1n) is 8.44. The van der Waals surface area contributed by atoms with Gasteiger partial charge < -0.3 is 0 Å². The first-order chi connectivity index (χ1) is 12.8. The summed E-state index contributed by atoms with van der Waals surface area (Å²) in [7, 11) is -3.85. The largest absolute Gasteiger partial charge is 0.298 e. The number of aryl methyl sites for hydroxylation is 1. The summed E-state index contributed by atoms with van der Waals surface area (Å²) < 4.78 is 28.1. The number of benzene rings is 2. The van der Waals surface area contributed by atoms with Gasteiger partial charge in [0, 0.05) is 17.1 Å². The highest BCUT2D eigenvalue weighted by atomic mass is 35.5. The molecule has 6 heteroatoms. The van der Waals surface area contributed by atoms with E-state index in [4.69, 9.17) is 11.6 Å². The molecule has 1 atom stereocenters. The molecule has 0 bridgehead atoms. The molecular formula is C21H20ClNO3S. The van der Waals surface area contributed by atoms with E-state index in [1.807, 2.05) is 13.0 Å². The lowest BCUT2D eigenvalue weighted by atomic mass is 9.89. The van der Waals surface area contributed by atoms with Gasteiger partial charge in [-0.1, -0.05) is 48.0 Å². The molecule has 0 aromatic heterocycles. The first-order valence-corrected chi connectivity index (χ1v) is 10.3. The minimum atomic E-state index is -3.85. The van der Waals surface area contributed by atoms with Gasteiger partial charge in [-0.2, -0.15) is 4.31 Å². The van der Waals surface area contributed by atoms with Crippen molar-refractivity contribution in [1.29, 1.82) is 0 Å². The zero-order chi connectivity index (χ0) is 19.8. The summed E-state index contributed by atoms with van der Waals surface area (Å²) in [6, 6.07) is 13.1. The average molecular weight is 402 g/mol. The van der Waals surface area contributed by atoms with Crippen LogP contribution in [0, 0.1) is 6.92 Å². The standard InChI is InChI=1S/C21H20ClNO3S/c1-14-7-9-20(10-8-14)27(25,26)23-12-18(13-24)15(2)16(3)21(23)17-5-4-6-19(22)11-17/h4-11,13,21H,3,12H2,1-2H3/t21-/m0/s1. The smallest absolute Gasteiger partial charge is 0.244 e. The molecule has 140 valence electrons. The normalized spacial score (nSPS) is 18.6. The van der Waals surface area contributed by atoms with Gasteiger partial charge in [0.15, 0.2) is 0 Å². The molecule has 1 aliphatic rings. The maximum absolute atomic E-state index is 13.4.